The maximum atomic E-state index is 12.8. The van der Waals surface area contributed by atoms with Crippen LogP contribution in [0.3, 0.4) is 0 Å². The number of hydrogen-bond donors (Lipinski definition) is 1. The fourth-order valence-electron chi connectivity index (χ4n) is 4.63. The predicted molar refractivity (Wildman–Crippen MR) is 144 cm³/mol. The number of aliphatic hydroxyl groups is 1. The lowest BCUT2D eigenvalue weighted by molar-refractivity contribution is -0.122. The van der Waals surface area contributed by atoms with E-state index in [1.165, 1.54) is 32.1 Å². The summed E-state index contributed by atoms with van der Waals surface area (Å²) in [7, 11) is -3.97. The Morgan fingerprint density at radius 3 is 2.00 bits per heavy atom. The zero-order valence-electron chi connectivity index (χ0n) is 23.2. The van der Waals surface area contributed by atoms with E-state index in [2.05, 4.69) is 79.9 Å². The molecule has 0 saturated heterocycles. The van der Waals surface area contributed by atoms with Crippen molar-refractivity contribution in [2.75, 3.05) is 6.61 Å². The van der Waals surface area contributed by atoms with E-state index in [-0.39, 0.29) is 46.5 Å². The van der Waals surface area contributed by atoms with Crippen LogP contribution in [0.4, 0.5) is 0 Å². The van der Waals surface area contributed by atoms with E-state index in [1.54, 1.807) is 0 Å². The van der Waals surface area contributed by atoms with Crippen LogP contribution in [0.15, 0.2) is 12.2 Å². The standard InChI is InChI=1S/C27H52O4Si2/c1-26(2,3)32(7,8)30-24(20-14-12-11-13-15-20)17-16-21-22(19-28)23(29)18-25(21)31-33(9,10)27(4,5)6/h16-17,20-22,24-25,28H,11-15,18-19H2,1-10H3/t21?,22?,24-,25?/m1/s1. The molecule has 3 unspecified atom stereocenters. The molecule has 33 heavy (non-hydrogen) atoms. The maximum Gasteiger partial charge on any atom is 0.192 e. The third-order valence-corrected chi connectivity index (χ3v) is 18.0. The molecule has 0 spiro atoms. The van der Waals surface area contributed by atoms with Crippen molar-refractivity contribution in [1.82, 2.24) is 0 Å². The molecule has 0 aliphatic heterocycles. The Hall–Kier alpha value is -0.276. The molecule has 0 radical (unpaired) electrons. The number of rotatable bonds is 8. The molecular weight excluding hydrogens is 444 g/mol. The molecule has 1 N–H and O–H groups in total. The topological polar surface area (TPSA) is 55.8 Å². The first-order chi connectivity index (χ1) is 15.0. The van der Waals surface area contributed by atoms with Crippen LogP contribution in [0.2, 0.25) is 36.3 Å². The van der Waals surface area contributed by atoms with Crippen LogP contribution >= 0.6 is 0 Å². The molecule has 0 aromatic carbocycles. The van der Waals surface area contributed by atoms with Crippen molar-refractivity contribution < 1.29 is 18.8 Å². The lowest BCUT2D eigenvalue weighted by Gasteiger charge is -2.42. The number of ketones is 1. The molecule has 0 aromatic heterocycles. The van der Waals surface area contributed by atoms with Crippen LogP contribution < -0.4 is 0 Å². The van der Waals surface area contributed by atoms with Gasteiger partial charge >= 0.3 is 0 Å². The van der Waals surface area contributed by atoms with Crippen molar-refractivity contribution in [2.45, 2.75) is 129 Å². The van der Waals surface area contributed by atoms with E-state index in [4.69, 9.17) is 8.85 Å². The van der Waals surface area contributed by atoms with Gasteiger partial charge in [-0.25, -0.2) is 0 Å². The summed E-state index contributed by atoms with van der Waals surface area (Å²) in [5.41, 5.74) is 0. The Kier molecular flexibility index (Phi) is 9.45. The van der Waals surface area contributed by atoms with Gasteiger partial charge in [0.2, 0.25) is 0 Å². The third-order valence-electron chi connectivity index (χ3n) is 9.03. The first-order valence-electron chi connectivity index (χ1n) is 13.2. The first kappa shape index (κ1) is 29.0. The fourth-order valence-corrected chi connectivity index (χ4v) is 7.28. The van der Waals surface area contributed by atoms with Gasteiger partial charge < -0.3 is 14.0 Å². The van der Waals surface area contributed by atoms with E-state index in [0.717, 1.165) is 0 Å². The van der Waals surface area contributed by atoms with Crippen molar-refractivity contribution in [3.05, 3.63) is 12.2 Å². The van der Waals surface area contributed by atoms with Crippen LogP contribution in [0.25, 0.3) is 0 Å². The summed E-state index contributed by atoms with van der Waals surface area (Å²) >= 11 is 0. The van der Waals surface area contributed by atoms with Gasteiger partial charge in [0.1, 0.15) is 5.78 Å². The zero-order valence-corrected chi connectivity index (χ0v) is 25.2. The average Bonchev–Trinajstić information content (AvgIpc) is 2.97. The molecule has 2 rings (SSSR count). The molecular formula is C27H52O4Si2. The van der Waals surface area contributed by atoms with E-state index in [0.29, 0.717) is 12.3 Å². The molecule has 4 atom stereocenters. The smallest absolute Gasteiger partial charge is 0.192 e. The molecule has 0 amide bonds. The minimum atomic E-state index is -2.03. The van der Waals surface area contributed by atoms with Gasteiger partial charge in [-0.3, -0.25) is 4.79 Å². The molecule has 2 fully saturated rings. The average molecular weight is 497 g/mol. The summed E-state index contributed by atoms with van der Waals surface area (Å²) < 4.78 is 13.7. The van der Waals surface area contributed by atoms with Crippen molar-refractivity contribution in [3.8, 4) is 0 Å². The fraction of sp³-hybridized carbons (Fsp3) is 0.889. The molecule has 192 valence electrons. The molecule has 2 aliphatic rings. The highest BCUT2D eigenvalue weighted by molar-refractivity contribution is 6.74. The number of carbonyl (C=O) groups is 1. The van der Waals surface area contributed by atoms with Gasteiger partial charge in [-0.2, -0.15) is 0 Å². The monoisotopic (exact) mass is 496 g/mol. The van der Waals surface area contributed by atoms with Crippen molar-refractivity contribution in [2.24, 2.45) is 17.8 Å². The first-order valence-corrected chi connectivity index (χ1v) is 19.0. The number of hydrogen-bond acceptors (Lipinski definition) is 4. The van der Waals surface area contributed by atoms with Crippen LogP contribution in [-0.2, 0) is 13.6 Å². The zero-order chi connectivity index (χ0) is 25.2. The Morgan fingerprint density at radius 2 is 1.52 bits per heavy atom. The van der Waals surface area contributed by atoms with Gasteiger partial charge in [0.25, 0.3) is 0 Å². The van der Waals surface area contributed by atoms with Crippen LogP contribution in [0, 0.1) is 17.8 Å². The van der Waals surface area contributed by atoms with Gasteiger partial charge in [-0.05, 0) is 55.0 Å². The molecule has 2 saturated carbocycles. The van der Waals surface area contributed by atoms with Gasteiger partial charge in [0.15, 0.2) is 16.6 Å². The van der Waals surface area contributed by atoms with Gasteiger partial charge in [-0.1, -0.05) is 73.0 Å². The summed E-state index contributed by atoms with van der Waals surface area (Å²) in [5.74, 6) is 0.227. The van der Waals surface area contributed by atoms with E-state index < -0.39 is 16.6 Å². The van der Waals surface area contributed by atoms with Crippen molar-refractivity contribution >= 4 is 22.4 Å². The Balaban J connectivity index is 2.32. The highest BCUT2D eigenvalue weighted by atomic mass is 28.4. The molecule has 6 heteroatoms. The quantitative estimate of drug-likeness (QED) is 0.287. The van der Waals surface area contributed by atoms with E-state index in [9.17, 15) is 9.90 Å². The number of Topliss-reactive ketones (excluding diaryl/α,β-unsaturated/α-hetero) is 1. The summed E-state index contributed by atoms with van der Waals surface area (Å²) in [6.45, 7) is 22.6. The van der Waals surface area contributed by atoms with Gasteiger partial charge in [0.05, 0.1) is 18.8 Å². The SMILES string of the molecule is CC(C)(C)[Si](C)(C)OC1CC(=O)C(CO)C1C=C[C@@H](O[Si](C)(C)C(C)(C)C)C1CCCCC1. The normalized spacial score (nSPS) is 27.5. The van der Waals surface area contributed by atoms with Crippen molar-refractivity contribution in [3.63, 3.8) is 0 Å². The molecule has 0 heterocycles. The summed E-state index contributed by atoms with van der Waals surface area (Å²) in [5, 5.41) is 10.3. The minimum Gasteiger partial charge on any atom is -0.413 e. The van der Waals surface area contributed by atoms with Crippen LogP contribution in [0.5, 0.6) is 0 Å². The van der Waals surface area contributed by atoms with Gasteiger partial charge in [-0.15, -0.1) is 0 Å². The van der Waals surface area contributed by atoms with Gasteiger partial charge in [0, 0.05) is 18.3 Å². The molecule has 2 aliphatic carbocycles. The molecule has 0 aromatic rings. The molecule has 4 nitrogen and oxygen atoms in total. The largest absolute Gasteiger partial charge is 0.413 e. The highest BCUT2D eigenvalue weighted by Gasteiger charge is 2.47. The number of aliphatic hydroxyl groups excluding tert-OH is 1. The molecule has 0 bridgehead atoms. The Labute approximate surface area is 206 Å². The minimum absolute atomic E-state index is 0.0780. The number of carbonyl (C=O) groups excluding carboxylic acids is 1. The van der Waals surface area contributed by atoms with Crippen molar-refractivity contribution in [1.29, 1.82) is 0 Å². The van der Waals surface area contributed by atoms with Crippen LogP contribution in [-0.4, -0.2) is 46.3 Å². The Bertz CT molecular complexity index is 681. The second kappa shape index (κ2) is 10.8. The van der Waals surface area contributed by atoms with E-state index >= 15 is 0 Å². The highest BCUT2D eigenvalue weighted by Crippen LogP contribution is 2.43. The lowest BCUT2D eigenvalue weighted by Crippen LogP contribution is -2.46. The summed E-state index contributed by atoms with van der Waals surface area (Å²) in [4.78, 5) is 12.8. The Morgan fingerprint density at radius 1 is 0.970 bits per heavy atom. The summed E-state index contributed by atoms with van der Waals surface area (Å²) in [6, 6.07) is 0. The second-order valence-electron chi connectivity index (χ2n) is 13.6. The van der Waals surface area contributed by atoms with Crippen LogP contribution in [0.1, 0.15) is 80.1 Å². The third kappa shape index (κ3) is 7.12. The maximum absolute atomic E-state index is 12.8. The summed E-state index contributed by atoms with van der Waals surface area (Å²) in [6.07, 6.45) is 11.1. The second-order valence-corrected chi connectivity index (χ2v) is 23.1. The van der Waals surface area contributed by atoms with E-state index in [1.807, 2.05) is 0 Å². The lowest BCUT2D eigenvalue weighted by atomic mass is 9.84. The predicted octanol–water partition coefficient (Wildman–Crippen LogP) is 7.10.